The first-order chi connectivity index (χ1) is 10.1. The molecular formula is C18H22ClNO. The summed E-state index contributed by atoms with van der Waals surface area (Å²) in [5, 5.41) is 4.04. The second-order valence-electron chi connectivity index (χ2n) is 5.27. The average Bonchev–Trinajstić information content (AvgIpc) is 2.47. The first-order valence-corrected chi connectivity index (χ1v) is 7.70. The van der Waals surface area contributed by atoms with Crippen LogP contribution in [0.25, 0.3) is 0 Å². The predicted octanol–water partition coefficient (Wildman–Crippen LogP) is 5.36. The van der Waals surface area contributed by atoms with E-state index in [9.17, 15) is 0 Å². The molecule has 0 aliphatic carbocycles. The van der Waals surface area contributed by atoms with Crippen molar-refractivity contribution in [3.05, 3.63) is 58.1 Å². The first kappa shape index (κ1) is 15.7. The minimum absolute atomic E-state index is 0.647. The summed E-state index contributed by atoms with van der Waals surface area (Å²) in [5.74, 6) is 0.746. The highest BCUT2D eigenvalue weighted by atomic mass is 35.5. The Bertz CT molecular complexity index is 610. The highest BCUT2D eigenvalue weighted by Crippen LogP contribution is 2.28. The normalized spacial score (nSPS) is 10.5. The fourth-order valence-electron chi connectivity index (χ4n) is 2.06. The second kappa shape index (κ2) is 7.37. The molecule has 112 valence electrons. The number of anilines is 1. The maximum absolute atomic E-state index is 6.23. The van der Waals surface area contributed by atoms with Crippen molar-refractivity contribution in [1.82, 2.24) is 0 Å². The van der Waals surface area contributed by atoms with Crippen molar-refractivity contribution < 1.29 is 4.74 Å². The van der Waals surface area contributed by atoms with Gasteiger partial charge in [0.1, 0.15) is 5.75 Å². The number of nitrogens with one attached hydrogen (secondary N) is 1. The summed E-state index contributed by atoms with van der Waals surface area (Å²) >= 11 is 6.23. The largest absolute Gasteiger partial charge is 0.492 e. The van der Waals surface area contributed by atoms with Gasteiger partial charge in [0.2, 0.25) is 0 Å². The third-order valence-electron chi connectivity index (χ3n) is 3.46. The van der Waals surface area contributed by atoms with Crippen molar-refractivity contribution in [2.75, 3.05) is 11.9 Å². The maximum Gasteiger partial charge on any atom is 0.138 e. The summed E-state index contributed by atoms with van der Waals surface area (Å²) in [7, 11) is 0. The molecule has 1 N–H and O–H groups in total. The topological polar surface area (TPSA) is 21.3 Å². The Morgan fingerprint density at radius 3 is 2.52 bits per heavy atom. The molecule has 0 radical (unpaired) electrons. The summed E-state index contributed by atoms with van der Waals surface area (Å²) < 4.78 is 5.57. The van der Waals surface area contributed by atoms with E-state index in [-0.39, 0.29) is 0 Å². The van der Waals surface area contributed by atoms with E-state index < -0.39 is 0 Å². The molecule has 0 amide bonds. The lowest BCUT2D eigenvalue weighted by atomic mass is 10.1. The van der Waals surface area contributed by atoms with E-state index in [1.807, 2.05) is 18.2 Å². The summed E-state index contributed by atoms with van der Waals surface area (Å²) in [4.78, 5) is 0. The zero-order chi connectivity index (χ0) is 15.2. The van der Waals surface area contributed by atoms with Gasteiger partial charge in [0, 0.05) is 12.2 Å². The number of aryl methyl sites for hydroxylation is 2. The molecule has 0 aliphatic rings. The fourth-order valence-corrected chi connectivity index (χ4v) is 2.29. The van der Waals surface area contributed by atoms with Gasteiger partial charge in [-0.25, -0.2) is 0 Å². The molecule has 21 heavy (non-hydrogen) atoms. The molecule has 0 spiro atoms. The molecule has 3 heteroatoms. The smallest absolute Gasteiger partial charge is 0.138 e. The van der Waals surface area contributed by atoms with Crippen LogP contribution in [0, 0.1) is 13.8 Å². The molecule has 0 bridgehead atoms. The second-order valence-corrected chi connectivity index (χ2v) is 5.67. The Labute approximate surface area is 132 Å². The molecular weight excluding hydrogens is 282 g/mol. The highest BCUT2D eigenvalue weighted by molar-refractivity contribution is 6.32. The van der Waals surface area contributed by atoms with E-state index in [2.05, 4.69) is 44.3 Å². The van der Waals surface area contributed by atoms with Crippen LogP contribution in [0.4, 0.5) is 5.69 Å². The van der Waals surface area contributed by atoms with Crippen molar-refractivity contribution >= 4 is 17.3 Å². The Balaban J connectivity index is 1.99. The molecule has 0 aliphatic heterocycles. The SMILES string of the molecule is CCCOc1ccc(NCc2ccc(C)c(C)c2)cc1Cl. The van der Waals surface area contributed by atoms with Crippen molar-refractivity contribution in [1.29, 1.82) is 0 Å². The molecule has 0 fully saturated rings. The van der Waals surface area contributed by atoms with E-state index in [4.69, 9.17) is 16.3 Å². The van der Waals surface area contributed by atoms with Gasteiger partial charge >= 0.3 is 0 Å². The Morgan fingerprint density at radius 2 is 1.86 bits per heavy atom. The molecule has 0 aromatic heterocycles. The average molecular weight is 304 g/mol. The Kier molecular flexibility index (Phi) is 5.51. The van der Waals surface area contributed by atoms with Crippen LogP contribution >= 0.6 is 11.6 Å². The third-order valence-corrected chi connectivity index (χ3v) is 3.76. The summed E-state index contributed by atoms with van der Waals surface area (Å²) in [6.07, 6.45) is 0.975. The minimum atomic E-state index is 0.647. The van der Waals surface area contributed by atoms with Crippen LogP contribution in [0.1, 0.15) is 30.0 Å². The molecule has 2 rings (SSSR count). The van der Waals surface area contributed by atoms with Crippen LogP contribution in [0.2, 0.25) is 5.02 Å². The molecule has 0 saturated carbocycles. The number of halogens is 1. The number of hydrogen-bond acceptors (Lipinski definition) is 2. The van der Waals surface area contributed by atoms with Gasteiger partial charge in [-0.05, 0) is 55.2 Å². The molecule has 2 aromatic carbocycles. The summed E-state index contributed by atoms with van der Waals surface area (Å²) in [6, 6.07) is 12.3. The van der Waals surface area contributed by atoms with Crippen LogP contribution in [0.5, 0.6) is 5.75 Å². The molecule has 0 atom stereocenters. The van der Waals surface area contributed by atoms with Gasteiger partial charge in [-0.2, -0.15) is 0 Å². The van der Waals surface area contributed by atoms with Gasteiger partial charge in [0.25, 0.3) is 0 Å². The zero-order valence-corrected chi connectivity index (χ0v) is 13.6. The number of ether oxygens (including phenoxy) is 1. The highest BCUT2D eigenvalue weighted by Gasteiger charge is 2.03. The van der Waals surface area contributed by atoms with E-state index in [0.717, 1.165) is 24.4 Å². The lowest BCUT2D eigenvalue weighted by Gasteiger charge is -2.11. The lowest BCUT2D eigenvalue weighted by molar-refractivity contribution is 0.317. The summed E-state index contributed by atoms with van der Waals surface area (Å²) in [5.41, 5.74) is 4.90. The van der Waals surface area contributed by atoms with E-state index in [0.29, 0.717) is 11.6 Å². The zero-order valence-electron chi connectivity index (χ0n) is 12.9. The standard InChI is InChI=1S/C18H22ClNO/c1-4-9-21-18-8-7-16(11-17(18)19)20-12-15-6-5-13(2)14(3)10-15/h5-8,10-11,20H,4,9,12H2,1-3H3. The third kappa shape index (κ3) is 4.40. The van der Waals surface area contributed by atoms with Gasteiger partial charge in [-0.15, -0.1) is 0 Å². The van der Waals surface area contributed by atoms with E-state index in [1.165, 1.54) is 16.7 Å². The quantitative estimate of drug-likeness (QED) is 0.776. The number of benzene rings is 2. The molecule has 0 unspecified atom stereocenters. The van der Waals surface area contributed by atoms with Gasteiger partial charge in [-0.3, -0.25) is 0 Å². The van der Waals surface area contributed by atoms with E-state index >= 15 is 0 Å². The van der Waals surface area contributed by atoms with Crippen LogP contribution in [-0.2, 0) is 6.54 Å². The van der Waals surface area contributed by atoms with Crippen molar-refractivity contribution in [3.63, 3.8) is 0 Å². The van der Waals surface area contributed by atoms with Crippen LogP contribution in [0.15, 0.2) is 36.4 Å². The van der Waals surface area contributed by atoms with Crippen molar-refractivity contribution in [3.8, 4) is 5.75 Å². The van der Waals surface area contributed by atoms with Gasteiger partial charge < -0.3 is 10.1 Å². The Hall–Kier alpha value is -1.67. The van der Waals surface area contributed by atoms with Crippen LogP contribution in [-0.4, -0.2) is 6.61 Å². The molecule has 0 saturated heterocycles. The molecule has 2 aromatic rings. The first-order valence-electron chi connectivity index (χ1n) is 7.32. The van der Waals surface area contributed by atoms with Crippen LogP contribution < -0.4 is 10.1 Å². The number of hydrogen-bond donors (Lipinski definition) is 1. The Morgan fingerprint density at radius 1 is 1.05 bits per heavy atom. The van der Waals surface area contributed by atoms with Crippen LogP contribution in [0.3, 0.4) is 0 Å². The minimum Gasteiger partial charge on any atom is -0.492 e. The monoisotopic (exact) mass is 303 g/mol. The van der Waals surface area contributed by atoms with Gasteiger partial charge in [-0.1, -0.05) is 36.7 Å². The number of rotatable bonds is 6. The van der Waals surface area contributed by atoms with Gasteiger partial charge in [0.15, 0.2) is 0 Å². The van der Waals surface area contributed by atoms with E-state index in [1.54, 1.807) is 0 Å². The maximum atomic E-state index is 6.23. The molecule has 2 nitrogen and oxygen atoms in total. The predicted molar refractivity (Wildman–Crippen MR) is 90.5 cm³/mol. The fraction of sp³-hybridized carbons (Fsp3) is 0.333. The molecule has 0 heterocycles. The summed E-state index contributed by atoms with van der Waals surface area (Å²) in [6.45, 7) is 7.81. The lowest BCUT2D eigenvalue weighted by Crippen LogP contribution is -2.01. The van der Waals surface area contributed by atoms with Gasteiger partial charge in [0.05, 0.1) is 11.6 Å². The van der Waals surface area contributed by atoms with Crippen molar-refractivity contribution in [2.45, 2.75) is 33.7 Å². The van der Waals surface area contributed by atoms with Crippen molar-refractivity contribution in [2.24, 2.45) is 0 Å².